The molecule has 0 bridgehead atoms. The Hall–Kier alpha value is -2.81. The second-order valence-electron chi connectivity index (χ2n) is 4.85. The van der Waals surface area contributed by atoms with E-state index < -0.39 is 0 Å². The van der Waals surface area contributed by atoms with Crippen LogP contribution in [-0.2, 0) is 0 Å². The van der Waals surface area contributed by atoms with E-state index in [9.17, 15) is 5.11 Å². The molecule has 0 heterocycles. The zero-order chi connectivity index (χ0) is 15.2. The summed E-state index contributed by atoms with van der Waals surface area (Å²) in [4.78, 5) is 0. The highest BCUT2D eigenvalue weighted by atomic mass is 16.3. The Bertz CT molecular complexity index is 680. The van der Waals surface area contributed by atoms with Crippen molar-refractivity contribution in [2.45, 2.75) is 6.92 Å². The molecule has 106 valence electrons. The Balaban J connectivity index is 2.08. The van der Waals surface area contributed by atoms with Crippen molar-refractivity contribution < 1.29 is 5.11 Å². The maximum atomic E-state index is 9.21. The Morgan fingerprint density at radius 2 is 1.67 bits per heavy atom. The molecule has 2 rings (SSSR count). The molecule has 0 aromatic heterocycles. The van der Waals surface area contributed by atoms with Crippen molar-refractivity contribution in [3.8, 4) is 5.75 Å². The molecular formula is C18H18N2O. The van der Waals surface area contributed by atoms with E-state index in [4.69, 9.17) is 11.1 Å². The lowest BCUT2D eigenvalue weighted by Gasteiger charge is -2.01. The number of benzene rings is 2. The van der Waals surface area contributed by atoms with Gasteiger partial charge in [0.2, 0.25) is 0 Å². The Kier molecular flexibility index (Phi) is 4.57. The number of phenols is 1. The van der Waals surface area contributed by atoms with Gasteiger partial charge in [0.15, 0.2) is 0 Å². The van der Waals surface area contributed by atoms with Crippen LogP contribution < -0.4 is 5.73 Å². The smallest absolute Gasteiger partial charge is 0.115 e. The van der Waals surface area contributed by atoms with Crippen molar-refractivity contribution in [2.75, 3.05) is 0 Å². The third-order valence-electron chi connectivity index (χ3n) is 3.03. The van der Waals surface area contributed by atoms with Crippen LogP contribution in [0.5, 0.6) is 5.75 Å². The number of rotatable bonds is 4. The average Bonchev–Trinajstić information content (AvgIpc) is 2.47. The molecule has 0 aliphatic carbocycles. The minimum absolute atomic E-state index is 0.233. The summed E-state index contributed by atoms with van der Waals surface area (Å²) in [7, 11) is 0. The summed E-state index contributed by atoms with van der Waals surface area (Å²) < 4.78 is 0. The molecule has 4 N–H and O–H groups in total. The molecule has 0 fully saturated rings. The standard InChI is InChI=1S/C18H18N2O/c1-13-2-7-15(8-3-13)18(20)12-16(19)9-4-14-5-10-17(21)11-6-14/h2-12,20-21H,19H2,1H3/b9-4+,16-12-,20-18?. The highest BCUT2D eigenvalue weighted by molar-refractivity contribution is 6.07. The van der Waals surface area contributed by atoms with Crippen molar-refractivity contribution in [1.82, 2.24) is 0 Å². The van der Waals surface area contributed by atoms with Gasteiger partial charge in [0.25, 0.3) is 0 Å². The first-order valence-corrected chi connectivity index (χ1v) is 6.64. The van der Waals surface area contributed by atoms with Crippen molar-refractivity contribution in [1.29, 1.82) is 5.41 Å². The molecule has 0 atom stereocenters. The highest BCUT2D eigenvalue weighted by Crippen LogP contribution is 2.11. The van der Waals surface area contributed by atoms with Crippen molar-refractivity contribution in [3.63, 3.8) is 0 Å². The first-order valence-electron chi connectivity index (χ1n) is 6.64. The summed E-state index contributed by atoms with van der Waals surface area (Å²) in [6.45, 7) is 2.01. The molecule has 0 spiro atoms. The maximum Gasteiger partial charge on any atom is 0.115 e. The van der Waals surface area contributed by atoms with Gasteiger partial charge in [-0.05, 0) is 42.3 Å². The van der Waals surface area contributed by atoms with Gasteiger partial charge in [-0.1, -0.05) is 48.0 Å². The third kappa shape index (κ3) is 4.35. The van der Waals surface area contributed by atoms with Gasteiger partial charge in [0.05, 0.1) is 5.71 Å². The monoisotopic (exact) mass is 278 g/mol. The lowest BCUT2D eigenvalue weighted by molar-refractivity contribution is 0.475. The van der Waals surface area contributed by atoms with Gasteiger partial charge in [-0.15, -0.1) is 0 Å². The van der Waals surface area contributed by atoms with E-state index in [2.05, 4.69) is 0 Å². The second-order valence-corrected chi connectivity index (χ2v) is 4.85. The number of phenolic OH excluding ortho intramolecular Hbond substituents is 1. The molecule has 0 aliphatic heterocycles. The van der Waals surface area contributed by atoms with Gasteiger partial charge in [0.1, 0.15) is 5.75 Å². The van der Waals surface area contributed by atoms with Gasteiger partial charge in [0, 0.05) is 5.70 Å². The first-order chi connectivity index (χ1) is 10.0. The van der Waals surface area contributed by atoms with E-state index in [0.717, 1.165) is 16.7 Å². The van der Waals surface area contributed by atoms with Crippen LogP contribution in [0, 0.1) is 12.3 Å². The van der Waals surface area contributed by atoms with Crippen molar-refractivity contribution >= 4 is 11.8 Å². The number of aromatic hydroxyl groups is 1. The molecule has 0 amide bonds. The normalized spacial score (nSPS) is 11.8. The Morgan fingerprint density at radius 3 is 2.29 bits per heavy atom. The number of aryl methyl sites for hydroxylation is 1. The van der Waals surface area contributed by atoms with E-state index in [0.29, 0.717) is 11.4 Å². The van der Waals surface area contributed by atoms with Crippen LogP contribution in [0.25, 0.3) is 6.08 Å². The second kappa shape index (κ2) is 6.57. The van der Waals surface area contributed by atoms with E-state index in [1.54, 1.807) is 36.4 Å². The van der Waals surface area contributed by atoms with Gasteiger partial charge in [-0.2, -0.15) is 0 Å². The largest absolute Gasteiger partial charge is 0.508 e. The van der Waals surface area contributed by atoms with Crippen molar-refractivity contribution in [3.05, 3.63) is 83.1 Å². The molecule has 2 aromatic carbocycles. The fourth-order valence-electron chi connectivity index (χ4n) is 1.81. The molecule has 2 aromatic rings. The summed E-state index contributed by atoms with van der Waals surface area (Å²) in [6, 6.07) is 14.6. The van der Waals surface area contributed by atoms with Crippen LogP contribution in [0.4, 0.5) is 0 Å². The number of nitrogens with one attached hydrogen (secondary N) is 1. The zero-order valence-corrected chi connectivity index (χ0v) is 11.9. The van der Waals surface area contributed by atoms with E-state index in [-0.39, 0.29) is 5.75 Å². The van der Waals surface area contributed by atoms with Gasteiger partial charge >= 0.3 is 0 Å². The number of hydrogen-bond acceptors (Lipinski definition) is 3. The first kappa shape index (κ1) is 14.6. The molecule has 21 heavy (non-hydrogen) atoms. The lowest BCUT2D eigenvalue weighted by Crippen LogP contribution is -2.01. The van der Waals surface area contributed by atoms with E-state index >= 15 is 0 Å². The minimum Gasteiger partial charge on any atom is -0.508 e. The SMILES string of the molecule is Cc1ccc(C(=N)/C=C(N)/C=C/c2ccc(O)cc2)cc1. The van der Waals surface area contributed by atoms with Crippen molar-refractivity contribution in [2.24, 2.45) is 5.73 Å². The number of hydrogen-bond donors (Lipinski definition) is 3. The molecular weight excluding hydrogens is 260 g/mol. The van der Waals surface area contributed by atoms with Gasteiger partial charge in [-0.3, -0.25) is 0 Å². The fraction of sp³-hybridized carbons (Fsp3) is 0.0556. The predicted molar refractivity (Wildman–Crippen MR) is 87.4 cm³/mol. The van der Waals surface area contributed by atoms with E-state index in [1.807, 2.05) is 37.3 Å². The van der Waals surface area contributed by atoms with Crippen LogP contribution in [0.1, 0.15) is 16.7 Å². The van der Waals surface area contributed by atoms with Gasteiger partial charge < -0.3 is 16.2 Å². The van der Waals surface area contributed by atoms with E-state index in [1.165, 1.54) is 0 Å². The lowest BCUT2D eigenvalue weighted by atomic mass is 10.1. The quantitative estimate of drug-likeness (QED) is 0.590. The molecule has 0 radical (unpaired) electrons. The van der Waals surface area contributed by atoms with Crippen LogP contribution in [-0.4, -0.2) is 10.8 Å². The Labute approximate surface area is 124 Å². The van der Waals surface area contributed by atoms with Gasteiger partial charge in [-0.25, -0.2) is 0 Å². The summed E-state index contributed by atoms with van der Waals surface area (Å²) in [6.07, 6.45) is 5.21. The average molecular weight is 278 g/mol. The molecule has 3 heteroatoms. The van der Waals surface area contributed by atoms with Crippen LogP contribution in [0.3, 0.4) is 0 Å². The highest BCUT2D eigenvalue weighted by Gasteiger charge is 1.98. The minimum atomic E-state index is 0.233. The summed E-state index contributed by atoms with van der Waals surface area (Å²) in [5, 5.41) is 17.2. The molecule has 0 aliphatic rings. The summed E-state index contributed by atoms with van der Waals surface area (Å²) >= 11 is 0. The number of allylic oxidation sites excluding steroid dienone is 2. The predicted octanol–water partition coefficient (Wildman–Crippen LogP) is 3.62. The molecule has 0 saturated carbocycles. The van der Waals surface area contributed by atoms with Crippen LogP contribution in [0.2, 0.25) is 0 Å². The van der Waals surface area contributed by atoms with Crippen LogP contribution >= 0.6 is 0 Å². The summed E-state index contributed by atoms with van der Waals surface area (Å²) in [5.41, 5.74) is 9.72. The molecule has 3 nitrogen and oxygen atoms in total. The number of nitrogens with two attached hydrogens (primary N) is 1. The summed E-state index contributed by atoms with van der Waals surface area (Å²) in [5.74, 6) is 0.233. The van der Waals surface area contributed by atoms with Crippen LogP contribution in [0.15, 0.2) is 66.4 Å². The fourth-order valence-corrected chi connectivity index (χ4v) is 1.81. The molecule has 0 unspecified atom stereocenters. The zero-order valence-electron chi connectivity index (χ0n) is 11.9. The third-order valence-corrected chi connectivity index (χ3v) is 3.03. The maximum absolute atomic E-state index is 9.21. The molecule has 0 saturated heterocycles. The Morgan fingerprint density at radius 1 is 1.05 bits per heavy atom. The topological polar surface area (TPSA) is 70.1 Å².